The molecule has 0 radical (unpaired) electrons. The molecule has 2 atom stereocenters. The van der Waals surface area contributed by atoms with Crippen molar-refractivity contribution < 1.29 is 5.11 Å². The molecule has 2 unspecified atom stereocenters. The first-order valence-electron chi connectivity index (χ1n) is 5.00. The normalized spacial score (nSPS) is 30.5. The van der Waals surface area contributed by atoms with Gasteiger partial charge in [-0.05, 0) is 43.6 Å². The van der Waals surface area contributed by atoms with E-state index in [0.717, 1.165) is 18.8 Å². The molecule has 2 heteroatoms. The number of hydrogen-bond donors (Lipinski definition) is 1. The molecule has 1 nitrogen and oxygen atoms in total. The third-order valence-corrected chi connectivity index (χ3v) is 3.41. The number of rotatable bonds is 4. The van der Waals surface area contributed by atoms with Gasteiger partial charge in [0, 0.05) is 0 Å². The van der Waals surface area contributed by atoms with Crippen molar-refractivity contribution in [3.05, 3.63) is 0 Å². The van der Waals surface area contributed by atoms with E-state index in [9.17, 15) is 5.11 Å². The Morgan fingerprint density at radius 1 is 1.42 bits per heavy atom. The lowest BCUT2D eigenvalue weighted by atomic mass is 9.85. The van der Waals surface area contributed by atoms with Gasteiger partial charge in [-0.2, -0.15) is 11.8 Å². The Labute approximate surface area is 79.9 Å². The zero-order chi connectivity index (χ0) is 8.81. The summed E-state index contributed by atoms with van der Waals surface area (Å²) in [6.45, 7) is 0. The summed E-state index contributed by atoms with van der Waals surface area (Å²) in [4.78, 5) is 0. The van der Waals surface area contributed by atoms with Gasteiger partial charge in [0.25, 0.3) is 0 Å². The first kappa shape index (κ1) is 10.4. The molecule has 0 aromatic carbocycles. The molecule has 1 aliphatic carbocycles. The number of aliphatic hydroxyl groups is 1. The van der Waals surface area contributed by atoms with Crippen LogP contribution in [0.3, 0.4) is 0 Å². The second-order valence-electron chi connectivity index (χ2n) is 3.82. The fraction of sp³-hybridized carbons (Fsp3) is 1.00. The third kappa shape index (κ3) is 3.81. The van der Waals surface area contributed by atoms with Crippen molar-refractivity contribution >= 4 is 11.8 Å². The zero-order valence-electron chi connectivity index (χ0n) is 7.96. The maximum Gasteiger partial charge on any atom is 0.0542 e. The molecule has 1 aliphatic rings. The van der Waals surface area contributed by atoms with Crippen molar-refractivity contribution in [1.29, 1.82) is 0 Å². The second-order valence-corrected chi connectivity index (χ2v) is 4.81. The van der Waals surface area contributed by atoms with E-state index in [1.54, 1.807) is 0 Å². The zero-order valence-corrected chi connectivity index (χ0v) is 8.78. The van der Waals surface area contributed by atoms with Gasteiger partial charge >= 0.3 is 0 Å². The van der Waals surface area contributed by atoms with Crippen LogP contribution in [0.4, 0.5) is 0 Å². The molecule has 0 spiro atoms. The summed E-state index contributed by atoms with van der Waals surface area (Å²) in [5, 5.41) is 9.43. The van der Waals surface area contributed by atoms with Gasteiger partial charge < -0.3 is 5.11 Å². The number of hydrogen-bond acceptors (Lipinski definition) is 2. The lowest BCUT2D eigenvalue weighted by molar-refractivity contribution is 0.0982. The topological polar surface area (TPSA) is 20.2 Å². The van der Waals surface area contributed by atoms with E-state index in [-0.39, 0.29) is 6.10 Å². The van der Waals surface area contributed by atoms with Crippen LogP contribution >= 0.6 is 11.8 Å². The Morgan fingerprint density at radius 2 is 2.25 bits per heavy atom. The Bertz CT molecular complexity index is 116. The van der Waals surface area contributed by atoms with Crippen LogP contribution < -0.4 is 0 Å². The summed E-state index contributed by atoms with van der Waals surface area (Å²) in [6, 6.07) is 0. The maximum atomic E-state index is 9.43. The molecule has 0 aromatic heterocycles. The van der Waals surface area contributed by atoms with E-state index in [1.807, 2.05) is 11.8 Å². The predicted molar refractivity (Wildman–Crippen MR) is 55.6 cm³/mol. The van der Waals surface area contributed by atoms with Crippen molar-refractivity contribution in [1.82, 2.24) is 0 Å². The first-order chi connectivity index (χ1) is 5.83. The standard InChI is InChI=1S/C10H20OS/c1-12-7-3-5-9-4-2-6-10(11)8-9/h9-11H,2-8H2,1H3. The molecule has 72 valence electrons. The van der Waals surface area contributed by atoms with Crippen LogP contribution in [0.5, 0.6) is 0 Å². The molecule has 0 heterocycles. The summed E-state index contributed by atoms with van der Waals surface area (Å²) < 4.78 is 0. The lowest BCUT2D eigenvalue weighted by Crippen LogP contribution is -2.19. The highest BCUT2D eigenvalue weighted by Crippen LogP contribution is 2.27. The van der Waals surface area contributed by atoms with Crippen LogP contribution in [-0.4, -0.2) is 23.2 Å². The Morgan fingerprint density at radius 3 is 2.92 bits per heavy atom. The number of aliphatic hydroxyl groups excluding tert-OH is 1. The molecular weight excluding hydrogens is 168 g/mol. The highest BCUT2D eigenvalue weighted by Gasteiger charge is 2.19. The molecule has 1 fully saturated rings. The van der Waals surface area contributed by atoms with Gasteiger partial charge in [-0.15, -0.1) is 0 Å². The average Bonchev–Trinajstić information content (AvgIpc) is 2.05. The van der Waals surface area contributed by atoms with Crippen LogP contribution in [-0.2, 0) is 0 Å². The van der Waals surface area contributed by atoms with Crippen molar-refractivity contribution in [2.75, 3.05) is 12.0 Å². The molecule has 0 aliphatic heterocycles. The highest BCUT2D eigenvalue weighted by atomic mass is 32.2. The molecule has 12 heavy (non-hydrogen) atoms. The van der Waals surface area contributed by atoms with E-state index < -0.39 is 0 Å². The monoisotopic (exact) mass is 188 g/mol. The Kier molecular flexibility index (Phi) is 5.08. The minimum Gasteiger partial charge on any atom is -0.393 e. The SMILES string of the molecule is CSCCCC1CCCC(O)C1. The molecule has 0 saturated heterocycles. The van der Waals surface area contributed by atoms with Gasteiger partial charge in [-0.3, -0.25) is 0 Å². The summed E-state index contributed by atoms with van der Waals surface area (Å²) in [5.74, 6) is 2.10. The fourth-order valence-electron chi connectivity index (χ4n) is 2.04. The number of thioether (sulfide) groups is 1. The summed E-state index contributed by atoms with van der Waals surface area (Å²) >= 11 is 1.93. The van der Waals surface area contributed by atoms with Gasteiger partial charge in [0.2, 0.25) is 0 Å². The molecular formula is C10H20OS. The third-order valence-electron chi connectivity index (χ3n) is 2.72. The lowest BCUT2D eigenvalue weighted by Gasteiger charge is -2.25. The second kappa shape index (κ2) is 5.87. The van der Waals surface area contributed by atoms with E-state index in [0.29, 0.717) is 0 Å². The summed E-state index contributed by atoms with van der Waals surface area (Å²) in [5.41, 5.74) is 0. The van der Waals surface area contributed by atoms with Gasteiger partial charge in [0.1, 0.15) is 0 Å². The van der Waals surface area contributed by atoms with Crippen LogP contribution in [0.2, 0.25) is 0 Å². The first-order valence-corrected chi connectivity index (χ1v) is 6.39. The van der Waals surface area contributed by atoms with Crippen LogP contribution in [0.25, 0.3) is 0 Å². The Balaban J connectivity index is 2.06. The summed E-state index contributed by atoms with van der Waals surface area (Å²) in [6.07, 6.45) is 9.54. The largest absolute Gasteiger partial charge is 0.393 e. The molecule has 0 amide bonds. The average molecular weight is 188 g/mol. The Hall–Kier alpha value is 0.310. The van der Waals surface area contributed by atoms with Gasteiger partial charge in [-0.25, -0.2) is 0 Å². The van der Waals surface area contributed by atoms with Crippen LogP contribution in [0, 0.1) is 5.92 Å². The fourth-order valence-corrected chi connectivity index (χ4v) is 2.50. The van der Waals surface area contributed by atoms with Crippen molar-refractivity contribution in [3.63, 3.8) is 0 Å². The van der Waals surface area contributed by atoms with Crippen molar-refractivity contribution in [3.8, 4) is 0 Å². The molecule has 1 N–H and O–H groups in total. The van der Waals surface area contributed by atoms with Crippen molar-refractivity contribution in [2.45, 2.75) is 44.6 Å². The predicted octanol–water partition coefficient (Wildman–Crippen LogP) is 2.68. The minimum atomic E-state index is 0.0121. The van der Waals surface area contributed by atoms with Crippen molar-refractivity contribution in [2.24, 2.45) is 5.92 Å². The highest BCUT2D eigenvalue weighted by molar-refractivity contribution is 7.98. The van der Waals surface area contributed by atoms with E-state index >= 15 is 0 Å². The molecule has 0 bridgehead atoms. The van der Waals surface area contributed by atoms with E-state index in [1.165, 1.54) is 31.4 Å². The molecule has 0 aromatic rings. The molecule has 1 rings (SSSR count). The smallest absolute Gasteiger partial charge is 0.0542 e. The maximum absolute atomic E-state index is 9.43. The van der Waals surface area contributed by atoms with Gasteiger partial charge in [0.15, 0.2) is 0 Å². The quantitative estimate of drug-likeness (QED) is 0.684. The van der Waals surface area contributed by atoms with Crippen LogP contribution in [0.15, 0.2) is 0 Å². The minimum absolute atomic E-state index is 0.0121. The summed E-state index contributed by atoms with van der Waals surface area (Å²) in [7, 11) is 0. The van der Waals surface area contributed by atoms with E-state index in [4.69, 9.17) is 0 Å². The van der Waals surface area contributed by atoms with Gasteiger partial charge in [0.05, 0.1) is 6.10 Å². The van der Waals surface area contributed by atoms with Gasteiger partial charge in [-0.1, -0.05) is 12.8 Å². The van der Waals surface area contributed by atoms with E-state index in [2.05, 4.69) is 6.26 Å². The van der Waals surface area contributed by atoms with Crippen LogP contribution in [0.1, 0.15) is 38.5 Å². The molecule has 1 saturated carbocycles.